The zero-order chi connectivity index (χ0) is 17.3. The number of carbonyl (C=O) groups is 1. The molecule has 2 aliphatic rings. The topological polar surface area (TPSA) is 50.2 Å². The zero-order valence-corrected chi connectivity index (χ0v) is 15.6. The maximum absolute atomic E-state index is 12.6. The molecule has 134 valence electrons. The van der Waals surface area contributed by atoms with Gasteiger partial charge in [0.25, 0.3) is 5.91 Å². The predicted octanol–water partition coefficient (Wildman–Crippen LogP) is 2.63. The molecule has 1 atom stereocenters. The normalized spacial score (nSPS) is 21.3. The Morgan fingerprint density at radius 2 is 1.96 bits per heavy atom. The lowest BCUT2D eigenvalue weighted by molar-refractivity contribution is 0.0819. The van der Waals surface area contributed by atoms with Gasteiger partial charge in [0, 0.05) is 44.0 Å². The van der Waals surface area contributed by atoms with E-state index in [2.05, 4.69) is 23.8 Å². The first-order chi connectivity index (χ1) is 11.5. The van der Waals surface area contributed by atoms with Gasteiger partial charge in [0.05, 0.1) is 0 Å². The third kappa shape index (κ3) is 3.66. The molecular weight excluding hydrogens is 300 g/mol. The number of hydrogen-bond donors (Lipinski definition) is 1. The highest BCUT2D eigenvalue weighted by Gasteiger charge is 2.31. The number of rotatable bonds is 5. The smallest absolute Gasteiger partial charge is 0.274 e. The molecule has 0 radical (unpaired) electrons. The van der Waals surface area contributed by atoms with Crippen LogP contribution in [-0.2, 0) is 19.4 Å². The Hall–Kier alpha value is -1.36. The molecule has 1 fully saturated rings. The third-order valence-electron chi connectivity index (χ3n) is 5.32. The fraction of sp³-hybridized carbons (Fsp3) is 0.789. The fourth-order valence-electron chi connectivity index (χ4n) is 4.14. The zero-order valence-electron chi connectivity index (χ0n) is 15.6. The van der Waals surface area contributed by atoms with Crippen molar-refractivity contribution in [3.63, 3.8) is 0 Å². The standard InChI is InChI=1S/C19H32N4O/c1-13(2)12-23-17-10-9-15(20-14-7-5-6-8-14)11-16(17)18(21-23)19(24)22(3)4/h13-15,20H,5-12H2,1-4H3/t15-/m1/s1. The van der Waals surface area contributed by atoms with Crippen molar-refractivity contribution in [3.8, 4) is 0 Å². The van der Waals surface area contributed by atoms with Gasteiger partial charge in [-0.1, -0.05) is 26.7 Å². The van der Waals surface area contributed by atoms with Gasteiger partial charge < -0.3 is 10.2 Å². The predicted molar refractivity (Wildman–Crippen MR) is 96.3 cm³/mol. The van der Waals surface area contributed by atoms with Gasteiger partial charge in [0.2, 0.25) is 0 Å². The van der Waals surface area contributed by atoms with Gasteiger partial charge in [-0.2, -0.15) is 5.10 Å². The van der Waals surface area contributed by atoms with E-state index in [0.29, 0.717) is 23.7 Å². The molecule has 1 saturated carbocycles. The van der Waals surface area contributed by atoms with Crippen LogP contribution >= 0.6 is 0 Å². The quantitative estimate of drug-likeness (QED) is 0.902. The van der Waals surface area contributed by atoms with Gasteiger partial charge in [-0.3, -0.25) is 9.48 Å². The summed E-state index contributed by atoms with van der Waals surface area (Å²) in [5.74, 6) is 0.570. The first-order valence-electron chi connectivity index (χ1n) is 9.52. The molecule has 1 heterocycles. The van der Waals surface area contributed by atoms with Crippen molar-refractivity contribution < 1.29 is 4.79 Å². The Morgan fingerprint density at radius 3 is 2.58 bits per heavy atom. The van der Waals surface area contributed by atoms with Crippen molar-refractivity contribution in [1.82, 2.24) is 20.0 Å². The molecule has 24 heavy (non-hydrogen) atoms. The van der Waals surface area contributed by atoms with E-state index in [1.807, 2.05) is 14.1 Å². The first kappa shape index (κ1) is 17.5. The van der Waals surface area contributed by atoms with E-state index in [9.17, 15) is 4.79 Å². The van der Waals surface area contributed by atoms with Gasteiger partial charge in [0.15, 0.2) is 5.69 Å². The molecule has 1 amide bonds. The van der Waals surface area contributed by atoms with E-state index in [4.69, 9.17) is 5.10 Å². The van der Waals surface area contributed by atoms with Crippen molar-refractivity contribution in [2.45, 2.75) is 77.4 Å². The summed E-state index contributed by atoms with van der Waals surface area (Å²) < 4.78 is 2.10. The van der Waals surface area contributed by atoms with Crippen LogP contribution in [0.1, 0.15) is 67.7 Å². The van der Waals surface area contributed by atoms with E-state index in [1.165, 1.54) is 36.9 Å². The fourth-order valence-corrected chi connectivity index (χ4v) is 4.14. The number of carbonyl (C=O) groups excluding carboxylic acids is 1. The van der Waals surface area contributed by atoms with Crippen molar-refractivity contribution in [1.29, 1.82) is 0 Å². The Morgan fingerprint density at radius 1 is 1.25 bits per heavy atom. The second kappa shape index (κ2) is 7.26. The average Bonchev–Trinajstić information content (AvgIpc) is 3.14. The maximum atomic E-state index is 12.6. The highest BCUT2D eigenvalue weighted by molar-refractivity contribution is 5.93. The lowest BCUT2D eigenvalue weighted by atomic mass is 9.90. The van der Waals surface area contributed by atoms with Gasteiger partial charge in [0.1, 0.15) is 0 Å². The number of fused-ring (bicyclic) bond motifs is 1. The summed E-state index contributed by atoms with van der Waals surface area (Å²) in [4.78, 5) is 14.2. The van der Waals surface area contributed by atoms with Crippen LogP contribution in [0.15, 0.2) is 0 Å². The Labute approximate surface area is 145 Å². The summed E-state index contributed by atoms with van der Waals surface area (Å²) in [6, 6.07) is 1.17. The maximum Gasteiger partial charge on any atom is 0.274 e. The van der Waals surface area contributed by atoms with E-state index in [-0.39, 0.29) is 5.91 Å². The van der Waals surface area contributed by atoms with E-state index in [0.717, 1.165) is 25.8 Å². The molecule has 2 aliphatic carbocycles. The Bertz CT molecular complexity index is 584. The second-order valence-corrected chi connectivity index (χ2v) is 8.14. The van der Waals surface area contributed by atoms with Crippen LogP contribution in [-0.4, -0.2) is 46.8 Å². The lowest BCUT2D eigenvalue weighted by Crippen LogP contribution is -2.41. The first-order valence-corrected chi connectivity index (χ1v) is 9.52. The highest BCUT2D eigenvalue weighted by atomic mass is 16.2. The minimum absolute atomic E-state index is 0.0373. The summed E-state index contributed by atoms with van der Waals surface area (Å²) in [6.45, 7) is 5.30. The van der Waals surface area contributed by atoms with Gasteiger partial charge >= 0.3 is 0 Å². The number of nitrogens with zero attached hydrogens (tertiary/aromatic N) is 3. The van der Waals surface area contributed by atoms with E-state index < -0.39 is 0 Å². The third-order valence-corrected chi connectivity index (χ3v) is 5.32. The largest absolute Gasteiger partial charge is 0.343 e. The molecule has 5 nitrogen and oxygen atoms in total. The van der Waals surface area contributed by atoms with Crippen LogP contribution in [0.3, 0.4) is 0 Å². The number of aromatic nitrogens is 2. The molecule has 0 spiro atoms. The van der Waals surface area contributed by atoms with Crippen LogP contribution in [0.4, 0.5) is 0 Å². The Kier molecular flexibility index (Phi) is 5.28. The minimum Gasteiger partial charge on any atom is -0.343 e. The molecule has 5 heteroatoms. The van der Waals surface area contributed by atoms with E-state index in [1.54, 1.807) is 4.90 Å². The summed E-state index contributed by atoms with van der Waals surface area (Å²) in [7, 11) is 3.63. The molecule has 0 aromatic carbocycles. The molecule has 0 saturated heterocycles. The average molecular weight is 332 g/mol. The van der Waals surface area contributed by atoms with Gasteiger partial charge in [-0.15, -0.1) is 0 Å². The van der Waals surface area contributed by atoms with Crippen molar-refractivity contribution in [2.75, 3.05) is 14.1 Å². The molecule has 1 aromatic heterocycles. The van der Waals surface area contributed by atoms with Crippen molar-refractivity contribution in [2.24, 2.45) is 5.92 Å². The summed E-state index contributed by atoms with van der Waals surface area (Å²) in [6.07, 6.45) is 8.44. The lowest BCUT2D eigenvalue weighted by Gasteiger charge is -2.27. The second-order valence-electron chi connectivity index (χ2n) is 8.14. The molecule has 1 aromatic rings. The SMILES string of the molecule is CC(C)Cn1nc(C(=O)N(C)C)c2c1CC[C@@H](NC1CCCC1)C2. The van der Waals surface area contributed by atoms with Crippen molar-refractivity contribution >= 4 is 5.91 Å². The molecule has 0 unspecified atom stereocenters. The number of hydrogen-bond acceptors (Lipinski definition) is 3. The van der Waals surface area contributed by atoms with Crippen LogP contribution in [0.2, 0.25) is 0 Å². The van der Waals surface area contributed by atoms with Gasteiger partial charge in [-0.25, -0.2) is 0 Å². The molecule has 0 bridgehead atoms. The van der Waals surface area contributed by atoms with E-state index >= 15 is 0 Å². The highest BCUT2D eigenvalue weighted by Crippen LogP contribution is 2.28. The van der Waals surface area contributed by atoms with Crippen LogP contribution in [0, 0.1) is 5.92 Å². The molecule has 1 N–H and O–H groups in total. The van der Waals surface area contributed by atoms with Crippen LogP contribution in [0.5, 0.6) is 0 Å². The van der Waals surface area contributed by atoms with Gasteiger partial charge in [-0.05, 0) is 38.0 Å². The van der Waals surface area contributed by atoms with Crippen LogP contribution in [0.25, 0.3) is 0 Å². The van der Waals surface area contributed by atoms with Crippen LogP contribution < -0.4 is 5.32 Å². The van der Waals surface area contributed by atoms with Crippen molar-refractivity contribution in [3.05, 3.63) is 17.0 Å². The summed E-state index contributed by atoms with van der Waals surface area (Å²) in [5, 5.41) is 8.56. The monoisotopic (exact) mass is 332 g/mol. The summed E-state index contributed by atoms with van der Waals surface area (Å²) in [5.41, 5.74) is 3.16. The number of amides is 1. The Balaban J connectivity index is 1.83. The number of nitrogens with one attached hydrogen (secondary N) is 1. The molecule has 0 aliphatic heterocycles. The molecule has 3 rings (SSSR count). The summed E-state index contributed by atoms with van der Waals surface area (Å²) >= 11 is 0. The minimum atomic E-state index is 0.0373. The molecular formula is C19H32N4O.